The van der Waals surface area contributed by atoms with Crippen molar-refractivity contribution < 1.29 is 9.59 Å². The van der Waals surface area contributed by atoms with Crippen molar-refractivity contribution in [2.75, 3.05) is 19.6 Å². The van der Waals surface area contributed by atoms with Crippen LogP contribution in [0.4, 0.5) is 0 Å². The Labute approximate surface area is 120 Å². The van der Waals surface area contributed by atoms with E-state index < -0.39 is 0 Å². The van der Waals surface area contributed by atoms with Crippen LogP contribution in [0.25, 0.3) is 0 Å². The highest BCUT2D eigenvalue weighted by molar-refractivity contribution is 5.86. The van der Waals surface area contributed by atoms with Crippen molar-refractivity contribution >= 4 is 24.2 Å². The van der Waals surface area contributed by atoms with Gasteiger partial charge in [-0.15, -0.1) is 12.4 Å². The molecule has 19 heavy (non-hydrogen) atoms. The molecule has 2 aliphatic rings. The Morgan fingerprint density at radius 1 is 1.11 bits per heavy atom. The quantitative estimate of drug-likeness (QED) is 0.802. The molecule has 6 heteroatoms. The summed E-state index contributed by atoms with van der Waals surface area (Å²) < 4.78 is 0. The van der Waals surface area contributed by atoms with Gasteiger partial charge in [-0.05, 0) is 32.1 Å². The minimum absolute atomic E-state index is 0. The number of piperidine rings is 1. The van der Waals surface area contributed by atoms with Crippen LogP contribution in [-0.4, -0.2) is 42.4 Å². The van der Waals surface area contributed by atoms with Crippen LogP contribution in [0, 0.1) is 5.92 Å². The fourth-order valence-corrected chi connectivity index (χ4v) is 2.86. The average Bonchev–Trinajstić information content (AvgIpc) is 2.83. The summed E-state index contributed by atoms with van der Waals surface area (Å²) in [5.74, 6) is -0.112. The molecule has 0 aromatic heterocycles. The van der Waals surface area contributed by atoms with Crippen LogP contribution in [0.15, 0.2) is 0 Å². The molecule has 1 heterocycles. The Morgan fingerprint density at radius 3 is 2.37 bits per heavy atom. The molecule has 3 N–H and O–H groups in total. The molecule has 0 spiro atoms. The number of carbonyl (C=O) groups excluding carboxylic acids is 2. The topological polar surface area (TPSA) is 75.4 Å². The molecule has 1 aliphatic carbocycles. The molecule has 2 rings (SSSR count). The zero-order chi connectivity index (χ0) is 13.0. The highest BCUT2D eigenvalue weighted by Crippen LogP contribution is 2.23. The van der Waals surface area contributed by atoms with Crippen LogP contribution in [0.3, 0.4) is 0 Å². The molecule has 0 aromatic carbocycles. The van der Waals surface area contributed by atoms with Crippen LogP contribution in [0.1, 0.15) is 38.5 Å². The summed E-state index contributed by atoms with van der Waals surface area (Å²) in [6.07, 6.45) is 6.13. The fraction of sp³-hybridized carbons (Fsp3) is 0.846. The van der Waals surface area contributed by atoms with E-state index in [-0.39, 0.29) is 42.7 Å². The van der Waals surface area contributed by atoms with Crippen LogP contribution in [-0.2, 0) is 9.59 Å². The van der Waals surface area contributed by atoms with Crippen molar-refractivity contribution in [3.63, 3.8) is 0 Å². The lowest BCUT2D eigenvalue weighted by molar-refractivity contribution is -0.134. The first-order valence-corrected chi connectivity index (χ1v) is 6.99. The van der Waals surface area contributed by atoms with Crippen molar-refractivity contribution in [3.05, 3.63) is 0 Å². The maximum absolute atomic E-state index is 11.9. The van der Waals surface area contributed by atoms with Crippen molar-refractivity contribution in [3.8, 4) is 0 Å². The summed E-state index contributed by atoms with van der Waals surface area (Å²) in [4.78, 5) is 25.6. The lowest BCUT2D eigenvalue weighted by Gasteiger charge is -2.27. The van der Waals surface area contributed by atoms with E-state index in [0.29, 0.717) is 0 Å². The fourth-order valence-electron chi connectivity index (χ4n) is 2.86. The largest absolute Gasteiger partial charge is 0.347 e. The first-order valence-electron chi connectivity index (χ1n) is 6.99. The predicted octanol–water partition coefficient (Wildman–Crippen LogP) is 0.664. The summed E-state index contributed by atoms with van der Waals surface area (Å²) in [5.41, 5.74) is 5.87. The zero-order valence-electron chi connectivity index (χ0n) is 11.3. The average molecular weight is 290 g/mol. The van der Waals surface area contributed by atoms with Gasteiger partial charge in [-0.25, -0.2) is 0 Å². The van der Waals surface area contributed by atoms with Crippen molar-refractivity contribution in [2.24, 2.45) is 11.7 Å². The Bertz CT molecular complexity index is 319. The third-order valence-corrected chi connectivity index (χ3v) is 4.03. The van der Waals surface area contributed by atoms with Gasteiger partial charge in [0, 0.05) is 19.1 Å². The standard InChI is InChI=1S/C13H23N3O2.ClH/c14-11-6-4-5-10(11)13(18)15-9-12(17)16-7-2-1-3-8-16;/h10-11H,1-9,14H2,(H,15,18);1H. The third kappa shape index (κ3) is 4.35. The predicted molar refractivity (Wildman–Crippen MR) is 76.0 cm³/mol. The van der Waals surface area contributed by atoms with Crippen LogP contribution >= 0.6 is 12.4 Å². The Kier molecular flexibility index (Phi) is 6.58. The number of rotatable bonds is 3. The molecule has 2 amide bonds. The Hall–Kier alpha value is -0.810. The first-order chi connectivity index (χ1) is 8.68. The van der Waals surface area contributed by atoms with Gasteiger partial charge in [-0.3, -0.25) is 9.59 Å². The van der Waals surface area contributed by atoms with E-state index in [1.807, 2.05) is 4.90 Å². The highest BCUT2D eigenvalue weighted by Gasteiger charge is 2.30. The van der Waals surface area contributed by atoms with E-state index >= 15 is 0 Å². The number of likely N-dealkylation sites (tertiary alicyclic amines) is 1. The monoisotopic (exact) mass is 289 g/mol. The van der Waals surface area contributed by atoms with Gasteiger partial charge in [0.05, 0.1) is 12.5 Å². The number of hydrogen-bond donors (Lipinski definition) is 2. The normalized spacial score (nSPS) is 26.7. The van der Waals surface area contributed by atoms with Crippen molar-refractivity contribution in [2.45, 2.75) is 44.6 Å². The second kappa shape index (κ2) is 7.70. The summed E-state index contributed by atoms with van der Waals surface area (Å²) in [5, 5.41) is 2.74. The van der Waals surface area contributed by atoms with E-state index in [2.05, 4.69) is 5.32 Å². The number of nitrogens with zero attached hydrogens (tertiary/aromatic N) is 1. The molecule has 0 radical (unpaired) electrons. The maximum Gasteiger partial charge on any atom is 0.241 e. The number of halogens is 1. The summed E-state index contributed by atoms with van der Waals surface area (Å²) in [6, 6.07) is -0.0323. The van der Waals surface area contributed by atoms with Gasteiger partial charge < -0.3 is 16.0 Å². The molecule has 2 fully saturated rings. The second-order valence-electron chi connectivity index (χ2n) is 5.36. The molecular formula is C13H24ClN3O2. The second-order valence-corrected chi connectivity index (χ2v) is 5.36. The summed E-state index contributed by atoms with van der Waals surface area (Å²) in [7, 11) is 0. The van der Waals surface area contributed by atoms with Gasteiger partial charge in [-0.2, -0.15) is 0 Å². The number of amides is 2. The van der Waals surface area contributed by atoms with E-state index in [1.54, 1.807) is 0 Å². The first kappa shape index (κ1) is 16.2. The number of nitrogens with two attached hydrogens (primary N) is 1. The molecule has 0 aromatic rings. The van der Waals surface area contributed by atoms with Crippen molar-refractivity contribution in [1.29, 1.82) is 0 Å². The summed E-state index contributed by atoms with van der Waals surface area (Å²) in [6.45, 7) is 1.79. The molecule has 1 aliphatic heterocycles. The molecule has 2 unspecified atom stereocenters. The molecule has 1 saturated carbocycles. The molecule has 0 bridgehead atoms. The van der Waals surface area contributed by atoms with E-state index in [9.17, 15) is 9.59 Å². The number of hydrogen-bond acceptors (Lipinski definition) is 3. The smallest absolute Gasteiger partial charge is 0.241 e. The number of nitrogens with one attached hydrogen (secondary N) is 1. The molecule has 1 saturated heterocycles. The minimum Gasteiger partial charge on any atom is -0.347 e. The maximum atomic E-state index is 11.9. The van der Waals surface area contributed by atoms with E-state index in [0.717, 1.165) is 45.2 Å². The van der Waals surface area contributed by atoms with Crippen molar-refractivity contribution in [1.82, 2.24) is 10.2 Å². The van der Waals surface area contributed by atoms with Gasteiger partial charge in [0.15, 0.2) is 0 Å². The van der Waals surface area contributed by atoms with Gasteiger partial charge in [0.2, 0.25) is 11.8 Å². The lowest BCUT2D eigenvalue weighted by atomic mass is 10.0. The van der Waals surface area contributed by atoms with E-state index in [1.165, 1.54) is 6.42 Å². The zero-order valence-corrected chi connectivity index (χ0v) is 12.1. The van der Waals surface area contributed by atoms with E-state index in [4.69, 9.17) is 5.73 Å². The van der Waals surface area contributed by atoms with Gasteiger partial charge in [0.1, 0.15) is 0 Å². The summed E-state index contributed by atoms with van der Waals surface area (Å²) >= 11 is 0. The van der Waals surface area contributed by atoms with Crippen LogP contribution in [0.2, 0.25) is 0 Å². The Balaban J connectivity index is 0.00000180. The SMILES string of the molecule is Cl.NC1CCCC1C(=O)NCC(=O)N1CCCCC1. The van der Waals surface area contributed by atoms with Gasteiger partial charge >= 0.3 is 0 Å². The van der Waals surface area contributed by atoms with Gasteiger partial charge in [0.25, 0.3) is 0 Å². The minimum atomic E-state index is -0.0980. The van der Waals surface area contributed by atoms with Gasteiger partial charge in [-0.1, -0.05) is 6.42 Å². The highest BCUT2D eigenvalue weighted by atomic mass is 35.5. The molecule has 5 nitrogen and oxygen atoms in total. The Morgan fingerprint density at radius 2 is 1.79 bits per heavy atom. The number of carbonyl (C=O) groups is 2. The molecular weight excluding hydrogens is 266 g/mol. The van der Waals surface area contributed by atoms with Crippen LogP contribution < -0.4 is 11.1 Å². The lowest BCUT2D eigenvalue weighted by Crippen LogP contribution is -2.45. The molecule has 110 valence electrons. The third-order valence-electron chi connectivity index (χ3n) is 4.03. The molecule has 2 atom stereocenters. The van der Waals surface area contributed by atoms with Crippen LogP contribution in [0.5, 0.6) is 0 Å².